The van der Waals surface area contributed by atoms with Gasteiger partial charge in [0.05, 0.1) is 48.8 Å². The van der Waals surface area contributed by atoms with Crippen LogP contribution in [0, 0.1) is 0 Å². The number of halogens is 3. The summed E-state index contributed by atoms with van der Waals surface area (Å²) in [6.45, 7) is 0.783. The molecule has 0 unspecified atom stereocenters. The number of amides is 4. The number of aromatic nitrogens is 6. The fraction of sp³-hybridized carbons (Fsp3) is 0.0800. The van der Waals surface area contributed by atoms with E-state index in [0.29, 0.717) is 46.3 Å². The normalized spacial score (nSPS) is 11.9. The molecule has 0 saturated carbocycles. The van der Waals surface area contributed by atoms with Crippen LogP contribution in [0.4, 0.5) is 0 Å². The Labute approximate surface area is 411 Å². The molecule has 17 heteroatoms. The molecule has 0 fully saturated rings. The first-order chi connectivity index (χ1) is 32.0. The van der Waals surface area contributed by atoms with Crippen molar-refractivity contribution in [3.63, 3.8) is 0 Å². The molecule has 4 N–H and O–H groups in total. The summed E-state index contributed by atoms with van der Waals surface area (Å²) in [5.74, 6) is 0.849. The zero-order chi connectivity index (χ0) is 46.6. The number of aliphatic hydroxyl groups excluding tert-OH is 1. The minimum absolute atomic E-state index is 0. The Kier molecular flexibility index (Phi) is 17.3. The molecule has 14 nitrogen and oxygen atoms in total. The molecule has 336 valence electrons. The Morgan fingerprint density at radius 1 is 0.478 bits per heavy atom. The van der Waals surface area contributed by atoms with E-state index in [1.165, 1.54) is 4.90 Å². The van der Waals surface area contributed by atoms with Crippen molar-refractivity contribution in [2.75, 3.05) is 0 Å². The Bertz CT molecular complexity index is 2870. The van der Waals surface area contributed by atoms with Gasteiger partial charge in [-0.25, -0.2) is 29.9 Å². The molecule has 67 heavy (non-hydrogen) atoms. The van der Waals surface area contributed by atoms with Crippen LogP contribution in [0.5, 0.6) is 0 Å². The molecule has 10 rings (SSSR count). The third-order valence-electron chi connectivity index (χ3n) is 9.70. The van der Waals surface area contributed by atoms with E-state index >= 15 is 0 Å². The highest BCUT2D eigenvalue weighted by Crippen LogP contribution is 2.26. The average molecular weight is 1090 g/mol. The summed E-state index contributed by atoms with van der Waals surface area (Å²) in [5, 5.41) is 11.2. The van der Waals surface area contributed by atoms with Crippen molar-refractivity contribution in [1.29, 1.82) is 0 Å². The zero-order valence-corrected chi connectivity index (χ0v) is 39.3. The summed E-state index contributed by atoms with van der Waals surface area (Å²) in [4.78, 5) is 73.5. The highest BCUT2D eigenvalue weighted by molar-refractivity contribution is 9.11. The van der Waals surface area contributed by atoms with Crippen LogP contribution in [-0.4, -0.2) is 63.5 Å². The second-order valence-corrected chi connectivity index (χ2v) is 17.0. The topological polar surface area (TPSA) is 207 Å². The van der Waals surface area contributed by atoms with Gasteiger partial charge in [0.1, 0.15) is 0 Å². The molecule has 2 aliphatic heterocycles. The average Bonchev–Trinajstić information content (AvgIpc) is 3.78. The van der Waals surface area contributed by atoms with E-state index in [-0.39, 0.29) is 44.2 Å². The molecule has 0 radical (unpaired) electrons. The standard InChI is InChI=1S/C19H12BrN3O2.C11H10BrN3.C11H9BrN2O.C8H5NO2.CH4/c20-14-9-21-17(22-10-14)13-5-3-4-12(8-13)11-23-18(24)15-6-1-2-7-16(15)19(23)25;12-10-6-14-11(15-7-10)9-3-1-2-8(4-9)5-13;12-10-5-13-11(14-6-10)9-3-1-2-8(4-9)7-15;10-7-5-3-1-2-4-6(5)8(11)9-7;/h1-10H,11H2;1-4,6-7H,5,13H2;1-6,15H,7H2;1-4H,(H,9,10,11);1H4. The van der Waals surface area contributed by atoms with Gasteiger partial charge in [0.25, 0.3) is 23.6 Å². The van der Waals surface area contributed by atoms with Gasteiger partial charge in [0.2, 0.25) is 0 Å². The van der Waals surface area contributed by atoms with Crippen molar-refractivity contribution >= 4 is 71.4 Å². The summed E-state index contributed by atoms with van der Waals surface area (Å²) in [7, 11) is 0. The molecule has 5 heterocycles. The number of hydrogen-bond donors (Lipinski definition) is 3. The number of carbonyl (C=O) groups is 4. The number of imide groups is 2. The van der Waals surface area contributed by atoms with E-state index in [9.17, 15) is 19.2 Å². The fourth-order valence-electron chi connectivity index (χ4n) is 6.52. The molecular formula is C50H40Br3N9O5. The van der Waals surface area contributed by atoms with Crippen molar-refractivity contribution in [1.82, 2.24) is 40.1 Å². The Morgan fingerprint density at radius 3 is 1.21 bits per heavy atom. The highest BCUT2D eigenvalue weighted by Gasteiger charge is 2.35. The quantitative estimate of drug-likeness (QED) is 0.128. The number of nitrogens with one attached hydrogen (secondary N) is 1. The van der Waals surface area contributed by atoms with E-state index in [1.807, 2.05) is 72.8 Å². The Balaban J connectivity index is 0.000000154. The Hall–Kier alpha value is -7.02. The molecular weight excluding hydrogens is 1050 g/mol. The SMILES string of the molecule is C.NCc1cccc(-c2ncc(Br)cn2)c1.O=C1NC(=O)c2ccccc21.O=C1c2ccccc2C(=O)N1Cc1cccc(-c2ncc(Br)cn2)c1.OCc1cccc(-c2ncc(Br)cn2)c1. The van der Waals surface area contributed by atoms with Crippen molar-refractivity contribution in [2.24, 2.45) is 5.73 Å². The van der Waals surface area contributed by atoms with Crippen molar-refractivity contribution < 1.29 is 24.3 Å². The first kappa shape index (κ1) is 49.4. The first-order valence-corrected chi connectivity index (χ1v) is 22.3. The van der Waals surface area contributed by atoms with Gasteiger partial charge in [-0.3, -0.25) is 29.4 Å². The van der Waals surface area contributed by atoms with Crippen LogP contribution < -0.4 is 11.1 Å². The molecule has 0 atom stereocenters. The lowest BCUT2D eigenvalue weighted by Gasteiger charge is -2.14. The van der Waals surface area contributed by atoms with Crippen LogP contribution in [-0.2, 0) is 19.7 Å². The molecule has 4 amide bonds. The smallest absolute Gasteiger partial charge is 0.261 e. The minimum Gasteiger partial charge on any atom is -0.392 e. The van der Waals surface area contributed by atoms with Gasteiger partial charge in [0, 0.05) is 60.4 Å². The molecule has 0 spiro atoms. The van der Waals surface area contributed by atoms with Gasteiger partial charge in [-0.05, 0) is 107 Å². The summed E-state index contributed by atoms with van der Waals surface area (Å²) in [5.41, 5.74) is 13.0. The monoisotopic (exact) mass is 1080 g/mol. The van der Waals surface area contributed by atoms with Gasteiger partial charge in [-0.15, -0.1) is 0 Å². The largest absolute Gasteiger partial charge is 0.392 e. The summed E-state index contributed by atoms with van der Waals surface area (Å²) < 4.78 is 2.53. The van der Waals surface area contributed by atoms with Gasteiger partial charge in [0.15, 0.2) is 17.5 Å². The number of carbonyl (C=O) groups excluding carboxylic acids is 4. The lowest BCUT2D eigenvalue weighted by atomic mass is 10.1. The maximum absolute atomic E-state index is 12.5. The zero-order valence-electron chi connectivity index (χ0n) is 34.6. The molecule has 0 bridgehead atoms. The van der Waals surface area contributed by atoms with E-state index in [1.54, 1.807) is 85.7 Å². The van der Waals surface area contributed by atoms with E-state index in [2.05, 4.69) is 83.0 Å². The number of hydrogen-bond acceptors (Lipinski definition) is 12. The van der Waals surface area contributed by atoms with Crippen LogP contribution in [0.2, 0.25) is 0 Å². The maximum Gasteiger partial charge on any atom is 0.261 e. The number of rotatable bonds is 7. The van der Waals surface area contributed by atoms with Crippen LogP contribution in [0.25, 0.3) is 34.2 Å². The molecule has 3 aromatic heterocycles. The van der Waals surface area contributed by atoms with Gasteiger partial charge >= 0.3 is 0 Å². The number of nitrogens with zero attached hydrogens (tertiary/aromatic N) is 7. The van der Waals surface area contributed by atoms with Crippen LogP contribution in [0.15, 0.2) is 172 Å². The maximum atomic E-state index is 12.5. The third kappa shape index (κ3) is 12.7. The van der Waals surface area contributed by atoms with Crippen molar-refractivity contribution in [3.05, 3.63) is 211 Å². The lowest BCUT2D eigenvalue weighted by molar-refractivity contribution is 0.0641. The second-order valence-electron chi connectivity index (χ2n) is 14.2. The number of nitrogens with two attached hydrogens (primary N) is 1. The van der Waals surface area contributed by atoms with E-state index < -0.39 is 0 Å². The molecule has 8 aromatic rings. The summed E-state index contributed by atoms with van der Waals surface area (Å²) >= 11 is 9.89. The molecule has 5 aromatic carbocycles. The summed E-state index contributed by atoms with van der Waals surface area (Å²) in [6, 6.07) is 36.6. The third-order valence-corrected chi connectivity index (χ3v) is 10.9. The number of fused-ring (bicyclic) bond motifs is 2. The number of benzene rings is 5. The van der Waals surface area contributed by atoms with Gasteiger partial charge in [-0.2, -0.15) is 0 Å². The van der Waals surface area contributed by atoms with E-state index in [4.69, 9.17) is 10.8 Å². The van der Waals surface area contributed by atoms with Crippen LogP contribution in [0.1, 0.15) is 65.5 Å². The fourth-order valence-corrected chi connectivity index (χ4v) is 7.14. The Morgan fingerprint density at radius 2 is 0.821 bits per heavy atom. The van der Waals surface area contributed by atoms with Gasteiger partial charge in [-0.1, -0.05) is 86.3 Å². The molecule has 0 aliphatic carbocycles. The number of aliphatic hydroxyl groups is 1. The lowest BCUT2D eigenvalue weighted by Crippen LogP contribution is -2.29. The highest BCUT2D eigenvalue weighted by atomic mass is 79.9. The predicted molar refractivity (Wildman–Crippen MR) is 265 cm³/mol. The van der Waals surface area contributed by atoms with Crippen LogP contribution in [0.3, 0.4) is 0 Å². The molecule has 2 aliphatic rings. The van der Waals surface area contributed by atoms with Gasteiger partial charge < -0.3 is 10.8 Å². The molecule has 0 saturated heterocycles. The second kappa shape index (κ2) is 23.4. The summed E-state index contributed by atoms with van der Waals surface area (Å²) in [6.07, 6.45) is 10.2. The predicted octanol–water partition coefficient (Wildman–Crippen LogP) is 9.67. The van der Waals surface area contributed by atoms with Crippen LogP contribution >= 0.6 is 47.8 Å². The van der Waals surface area contributed by atoms with Crippen molar-refractivity contribution in [2.45, 2.75) is 27.1 Å². The van der Waals surface area contributed by atoms with Crippen molar-refractivity contribution in [3.8, 4) is 34.2 Å². The first-order valence-electron chi connectivity index (χ1n) is 19.9. The van der Waals surface area contributed by atoms with E-state index in [0.717, 1.165) is 46.8 Å². The minimum atomic E-state index is -0.300.